The highest BCUT2D eigenvalue weighted by Crippen LogP contribution is 2.24. The number of benzene rings is 1. The Morgan fingerprint density at radius 3 is 2.85 bits per heavy atom. The molecule has 0 aromatic heterocycles. The molecule has 110 valence electrons. The van der Waals surface area contributed by atoms with Crippen molar-refractivity contribution in [3.63, 3.8) is 0 Å². The van der Waals surface area contributed by atoms with Crippen LogP contribution in [0, 0.1) is 0 Å². The first-order chi connectivity index (χ1) is 9.72. The zero-order valence-electron chi connectivity index (χ0n) is 11.4. The van der Waals surface area contributed by atoms with Crippen molar-refractivity contribution in [1.82, 2.24) is 10.2 Å². The lowest BCUT2D eigenvalue weighted by molar-refractivity contribution is -0.0110. The Morgan fingerprint density at radius 2 is 2.10 bits per heavy atom. The van der Waals surface area contributed by atoms with Crippen LogP contribution in [0.1, 0.15) is 18.4 Å². The Balaban J connectivity index is 1.61. The van der Waals surface area contributed by atoms with Gasteiger partial charge in [0, 0.05) is 31.7 Å². The first-order valence-corrected chi connectivity index (χ1v) is 7.97. The van der Waals surface area contributed by atoms with Crippen LogP contribution in [0.4, 0.5) is 0 Å². The average molecular weight is 315 g/mol. The molecule has 20 heavy (non-hydrogen) atoms. The van der Waals surface area contributed by atoms with E-state index in [1.165, 1.54) is 18.4 Å². The summed E-state index contributed by atoms with van der Waals surface area (Å²) in [5.41, 5.74) is 1.21. The molecule has 1 aliphatic carbocycles. The summed E-state index contributed by atoms with van der Waals surface area (Å²) in [6, 6.07) is 7.07. The Hall–Kier alpha value is -0.320. The summed E-state index contributed by atoms with van der Waals surface area (Å²) < 4.78 is 5.62. The van der Waals surface area contributed by atoms with Crippen molar-refractivity contribution in [3.05, 3.63) is 33.8 Å². The summed E-state index contributed by atoms with van der Waals surface area (Å²) in [4.78, 5) is 2.47. The molecule has 3 nitrogen and oxygen atoms in total. The van der Waals surface area contributed by atoms with E-state index >= 15 is 0 Å². The fraction of sp³-hybridized carbons (Fsp3) is 0.600. The summed E-state index contributed by atoms with van der Waals surface area (Å²) in [6.07, 6.45) is 2.64. The molecule has 1 aliphatic heterocycles. The van der Waals surface area contributed by atoms with Crippen molar-refractivity contribution < 1.29 is 4.74 Å². The monoisotopic (exact) mass is 314 g/mol. The molecule has 0 radical (unpaired) electrons. The molecule has 1 N–H and O–H groups in total. The predicted molar refractivity (Wildman–Crippen MR) is 82.5 cm³/mol. The number of nitrogens with zero attached hydrogens (tertiary/aromatic N) is 1. The van der Waals surface area contributed by atoms with Crippen molar-refractivity contribution in [1.29, 1.82) is 0 Å². The number of rotatable bonds is 5. The van der Waals surface area contributed by atoms with Gasteiger partial charge in [-0.05, 0) is 30.5 Å². The van der Waals surface area contributed by atoms with E-state index in [9.17, 15) is 0 Å². The van der Waals surface area contributed by atoms with Gasteiger partial charge < -0.3 is 10.1 Å². The van der Waals surface area contributed by atoms with Gasteiger partial charge in [-0.25, -0.2) is 0 Å². The average Bonchev–Trinajstić information content (AvgIpc) is 3.26. The molecule has 1 heterocycles. The summed E-state index contributed by atoms with van der Waals surface area (Å²) >= 11 is 12.1. The van der Waals surface area contributed by atoms with E-state index in [0.29, 0.717) is 16.1 Å². The number of halogens is 2. The zero-order chi connectivity index (χ0) is 13.9. The third-order valence-electron chi connectivity index (χ3n) is 3.94. The maximum Gasteiger partial charge on any atom is 0.0635 e. The SMILES string of the molecule is Clc1ccc(CN2CCOCC2CNC2CC2)cc1Cl. The van der Waals surface area contributed by atoms with Gasteiger partial charge >= 0.3 is 0 Å². The number of nitrogens with one attached hydrogen (secondary N) is 1. The fourth-order valence-electron chi connectivity index (χ4n) is 2.55. The second-order valence-electron chi connectivity index (χ2n) is 5.63. The lowest BCUT2D eigenvalue weighted by Gasteiger charge is -2.35. The largest absolute Gasteiger partial charge is 0.378 e. The second-order valence-corrected chi connectivity index (χ2v) is 6.44. The van der Waals surface area contributed by atoms with Gasteiger partial charge in [0.25, 0.3) is 0 Å². The quantitative estimate of drug-likeness (QED) is 0.904. The van der Waals surface area contributed by atoms with E-state index in [4.69, 9.17) is 27.9 Å². The second kappa shape index (κ2) is 6.63. The maximum atomic E-state index is 6.09. The minimum atomic E-state index is 0.443. The standard InChI is InChI=1S/C15H20Cl2N2O/c16-14-4-1-11(7-15(14)17)9-19-5-6-20-10-13(19)8-18-12-2-3-12/h1,4,7,12-13,18H,2-3,5-6,8-10H2. The molecular weight excluding hydrogens is 295 g/mol. The van der Waals surface area contributed by atoms with Crippen molar-refractivity contribution in [2.45, 2.75) is 31.5 Å². The van der Waals surface area contributed by atoms with Crippen LogP contribution in [0.5, 0.6) is 0 Å². The Labute approximate surface area is 130 Å². The molecule has 0 spiro atoms. The Bertz CT molecular complexity index is 465. The summed E-state index contributed by atoms with van der Waals surface area (Å²) in [6.45, 7) is 4.49. The summed E-state index contributed by atoms with van der Waals surface area (Å²) in [5, 5.41) is 4.84. The Kier molecular flexibility index (Phi) is 4.84. The lowest BCUT2D eigenvalue weighted by atomic mass is 10.1. The molecule has 5 heteroatoms. The molecule has 1 atom stereocenters. The van der Waals surface area contributed by atoms with E-state index in [1.807, 2.05) is 12.1 Å². The van der Waals surface area contributed by atoms with Crippen LogP contribution < -0.4 is 5.32 Å². The number of morpholine rings is 1. The first kappa shape index (κ1) is 14.6. The topological polar surface area (TPSA) is 24.5 Å². The maximum absolute atomic E-state index is 6.09. The molecule has 1 unspecified atom stereocenters. The minimum Gasteiger partial charge on any atom is -0.378 e. The molecule has 1 saturated heterocycles. The van der Waals surface area contributed by atoms with Gasteiger partial charge in [0.05, 0.1) is 23.3 Å². The van der Waals surface area contributed by atoms with Crippen molar-refractivity contribution in [2.75, 3.05) is 26.3 Å². The predicted octanol–water partition coefficient (Wildman–Crippen LogP) is 2.95. The highest BCUT2D eigenvalue weighted by atomic mass is 35.5. The van der Waals surface area contributed by atoms with Crippen LogP contribution >= 0.6 is 23.2 Å². The first-order valence-electron chi connectivity index (χ1n) is 7.21. The van der Waals surface area contributed by atoms with Crippen LogP contribution in [0.2, 0.25) is 10.0 Å². The van der Waals surface area contributed by atoms with Gasteiger partial charge in [-0.15, -0.1) is 0 Å². The van der Waals surface area contributed by atoms with Crippen LogP contribution in [-0.2, 0) is 11.3 Å². The van der Waals surface area contributed by atoms with Gasteiger partial charge in [0.1, 0.15) is 0 Å². The van der Waals surface area contributed by atoms with E-state index in [2.05, 4.69) is 16.3 Å². The molecule has 3 rings (SSSR count). The highest BCUT2D eigenvalue weighted by molar-refractivity contribution is 6.42. The highest BCUT2D eigenvalue weighted by Gasteiger charge is 2.26. The number of hydrogen-bond acceptors (Lipinski definition) is 3. The minimum absolute atomic E-state index is 0.443. The Morgan fingerprint density at radius 1 is 1.25 bits per heavy atom. The van der Waals surface area contributed by atoms with E-state index < -0.39 is 0 Å². The molecule has 1 aromatic carbocycles. The van der Waals surface area contributed by atoms with Gasteiger partial charge in [-0.2, -0.15) is 0 Å². The number of hydrogen-bond donors (Lipinski definition) is 1. The lowest BCUT2D eigenvalue weighted by Crippen LogP contribution is -2.50. The molecule has 0 bridgehead atoms. The molecule has 1 aromatic rings. The normalized spacial score (nSPS) is 24.0. The van der Waals surface area contributed by atoms with Gasteiger partial charge in [-0.3, -0.25) is 4.90 Å². The molecule has 2 fully saturated rings. The molecule has 0 amide bonds. The molecule has 1 saturated carbocycles. The van der Waals surface area contributed by atoms with Gasteiger partial charge in [0.15, 0.2) is 0 Å². The smallest absolute Gasteiger partial charge is 0.0635 e. The zero-order valence-corrected chi connectivity index (χ0v) is 13.0. The third kappa shape index (κ3) is 3.86. The van der Waals surface area contributed by atoms with Crippen LogP contribution in [-0.4, -0.2) is 43.3 Å². The van der Waals surface area contributed by atoms with Crippen LogP contribution in [0.25, 0.3) is 0 Å². The molecule has 2 aliphatic rings. The van der Waals surface area contributed by atoms with E-state index in [0.717, 1.165) is 38.9 Å². The fourth-order valence-corrected chi connectivity index (χ4v) is 2.87. The molecular formula is C15H20Cl2N2O. The van der Waals surface area contributed by atoms with E-state index in [-0.39, 0.29) is 0 Å². The van der Waals surface area contributed by atoms with Gasteiger partial charge in [0.2, 0.25) is 0 Å². The van der Waals surface area contributed by atoms with Crippen LogP contribution in [0.3, 0.4) is 0 Å². The summed E-state index contributed by atoms with van der Waals surface area (Å²) in [7, 11) is 0. The van der Waals surface area contributed by atoms with Crippen molar-refractivity contribution >= 4 is 23.2 Å². The van der Waals surface area contributed by atoms with Crippen molar-refractivity contribution in [2.24, 2.45) is 0 Å². The van der Waals surface area contributed by atoms with E-state index in [1.54, 1.807) is 0 Å². The van der Waals surface area contributed by atoms with Gasteiger partial charge in [-0.1, -0.05) is 29.3 Å². The third-order valence-corrected chi connectivity index (χ3v) is 4.68. The summed E-state index contributed by atoms with van der Waals surface area (Å²) in [5.74, 6) is 0. The van der Waals surface area contributed by atoms with Crippen molar-refractivity contribution in [3.8, 4) is 0 Å². The number of ether oxygens (including phenoxy) is 1. The van der Waals surface area contributed by atoms with Crippen LogP contribution in [0.15, 0.2) is 18.2 Å².